The zero-order valence-corrected chi connectivity index (χ0v) is 63.6. The molecule has 15 atom stereocenters. The van der Waals surface area contributed by atoms with E-state index < -0.39 is 135 Å². The molecule has 6 N–H and O–H groups in total. The molecule has 3 aromatic heterocycles. The number of hydrogen-bond acceptors (Lipinski definition) is 32. The second-order valence-corrected chi connectivity index (χ2v) is 28.5. The first-order chi connectivity index (χ1) is 51.4. The van der Waals surface area contributed by atoms with Crippen LogP contribution in [0.3, 0.4) is 0 Å². The summed E-state index contributed by atoms with van der Waals surface area (Å²) in [5, 5.41) is 57.3. The Labute approximate surface area is 636 Å². The predicted molar refractivity (Wildman–Crippen MR) is 392 cm³/mol. The number of pyridine rings is 3. The van der Waals surface area contributed by atoms with Crippen molar-refractivity contribution in [2.24, 2.45) is 0 Å². The van der Waals surface area contributed by atoms with Crippen molar-refractivity contribution in [1.82, 2.24) is 15.0 Å². The molecule has 32 heteroatoms. The standard InChI is InChI=1S/C28H31NO10S.C20H25NO5S.C14H13NO2.C14H20O9S/c1-6-19-7-9-20(10-8-19)24(34)21-11-12-29-13-22(21)39-28-27(38-18(5)33)26(37-17(4)32)25(36-16(3)31)23(40-28)14-35-15(2)30;1-2-12-3-5-13(6-4-12)9-14-7-8-21-10-15(14)26-20-19(25)18(24)17(23)16(11-22)27-20;1-2-10-3-5-11(6-4-10)14(17)12-7-8-15-9-13(12)16;1-6(15)20-5-10-11(21-7(2)16)12(22-8(3)17)13(14(19)24-10)23-9(4)18/h7-13,23,25-28H,6,14H2,1-5H3;3-8,10,16-20,22-25H,2,9,11H2,1H3;3-9,16H,2H2,1H3;10-14,19H,5H2,1-4H3/t23-,25-,26+,27-,28-;16-,17-,18+,19-,20-;;10-,11-,12+,13-,14?/m11.1/s1. The number of aryl methyl sites for hydroxylation is 3. The number of aromatic nitrogens is 3. The minimum absolute atomic E-state index is 0.0838. The normalized spacial score (nSPS) is 23.3. The third-order valence-corrected chi connectivity index (χ3v) is 20.4. The van der Waals surface area contributed by atoms with Crippen LogP contribution in [-0.4, -0.2) is 212 Å². The van der Waals surface area contributed by atoms with Crippen molar-refractivity contribution in [3.8, 4) is 17.2 Å². The predicted octanol–water partition coefficient (Wildman–Crippen LogP) is 6.54. The molecule has 3 fully saturated rings. The van der Waals surface area contributed by atoms with Crippen LogP contribution in [0, 0.1) is 0 Å². The van der Waals surface area contributed by atoms with Crippen LogP contribution in [0.2, 0.25) is 0 Å². The van der Waals surface area contributed by atoms with E-state index in [4.69, 9.17) is 47.4 Å². The smallest absolute Gasteiger partial charge is 0.303 e. The van der Waals surface area contributed by atoms with Crippen LogP contribution in [-0.2, 0) is 102 Å². The summed E-state index contributed by atoms with van der Waals surface area (Å²) >= 11 is 3.03. The number of ether oxygens (including phenoxy) is 10. The number of carbonyl (C=O) groups is 10. The van der Waals surface area contributed by atoms with Crippen LogP contribution >= 0.6 is 35.3 Å². The van der Waals surface area contributed by atoms with Gasteiger partial charge in [0, 0.05) is 97.1 Å². The van der Waals surface area contributed by atoms with Gasteiger partial charge in [0.25, 0.3) is 0 Å². The number of aliphatic hydroxyl groups is 5. The van der Waals surface area contributed by atoms with Gasteiger partial charge < -0.3 is 78.0 Å². The van der Waals surface area contributed by atoms with E-state index in [9.17, 15) is 78.6 Å². The van der Waals surface area contributed by atoms with Gasteiger partial charge in [0.15, 0.2) is 64.8 Å². The Hall–Kier alpha value is -9.54. The summed E-state index contributed by atoms with van der Waals surface area (Å²) in [5.74, 6) is -5.35. The minimum Gasteiger partial charge on any atom is -0.506 e. The van der Waals surface area contributed by atoms with Crippen molar-refractivity contribution in [2.45, 2.75) is 189 Å². The van der Waals surface area contributed by atoms with Crippen LogP contribution in [0.5, 0.6) is 17.2 Å². The van der Waals surface area contributed by atoms with Gasteiger partial charge in [-0.25, -0.2) is 0 Å². The molecule has 6 heterocycles. The van der Waals surface area contributed by atoms with Gasteiger partial charge in [-0.1, -0.05) is 93.6 Å². The molecule has 108 heavy (non-hydrogen) atoms. The molecule has 3 aromatic carbocycles. The number of aliphatic hydroxyl groups excluding tert-OH is 5. The third-order valence-electron chi connectivity index (χ3n) is 16.3. The van der Waals surface area contributed by atoms with Gasteiger partial charge in [0.2, 0.25) is 0 Å². The van der Waals surface area contributed by atoms with E-state index in [-0.39, 0.29) is 54.0 Å². The van der Waals surface area contributed by atoms with Gasteiger partial charge in [-0.3, -0.25) is 62.9 Å². The molecular formula is C76H89N3O26S3. The summed E-state index contributed by atoms with van der Waals surface area (Å²) in [7, 11) is 0. The quantitative estimate of drug-likeness (QED) is 0.0213. The number of carbonyl (C=O) groups excluding carboxylic acids is 10. The molecule has 3 saturated heterocycles. The Bertz CT molecular complexity index is 4020. The van der Waals surface area contributed by atoms with E-state index in [1.54, 1.807) is 36.7 Å². The highest BCUT2D eigenvalue weighted by Gasteiger charge is 2.54. The molecule has 0 spiro atoms. The molecule has 582 valence electrons. The number of benzene rings is 3. The lowest BCUT2D eigenvalue weighted by atomic mass is 10.0. The SMILES string of the molecule is CC(=O)OC[C@H]1SC(O)[C@H](OC(C)=O)[C@@H](OC(C)=O)[C@@H]1OC(C)=O.CCc1ccc(C(=O)c2ccncc2O)cc1.CCc1ccc(C(=O)c2ccncc2O[C@@H]2S[C@H](COC(C)=O)[C@@H](OC(C)=O)[C@H](OC(C)=O)[C@H]2OC(C)=O)cc1.CCc1ccc(Cc2ccncc2O[C@@H]2S[C@H](CO)[C@@H](O)[C@H](O)[C@H]2O)cc1. The van der Waals surface area contributed by atoms with Crippen molar-refractivity contribution >= 4 is 94.6 Å². The largest absolute Gasteiger partial charge is 0.506 e. The van der Waals surface area contributed by atoms with E-state index in [0.29, 0.717) is 23.3 Å². The summed E-state index contributed by atoms with van der Waals surface area (Å²) < 4.78 is 54.0. The van der Waals surface area contributed by atoms with E-state index in [1.807, 2.05) is 37.3 Å². The molecular weight excluding hydrogens is 1470 g/mol. The van der Waals surface area contributed by atoms with E-state index in [1.165, 1.54) is 68.8 Å². The maximum Gasteiger partial charge on any atom is 0.303 e. The zero-order valence-electron chi connectivity index (χ0n) is 61.1. The average Bonchev–Trinajstić information content (AvgIpc) is 0.739. The van der Waals surface area contributed by atoms with Crippen molar-refractivity contribution in [2.75, 3.05) is 19.8 Å². The van der Waals surface area contributed by atoms with Crippen molar-refractivity contribution in [3.05, 3.63) is 178 Å². The van der Waals surface area contributed by atoms with Gasteiger partial charge in [-0.05, 0) is 59.7 Å². The van der Waals surface area contributed by atoms with Gasteiger partial charge in [-0.15, -0.1) is 35.3 Å². The monoisotopic (exact) mass is 1560 g/mol. The molecule has 6 aromatic rings. The van der Waals surface area contributed by atoms with Crippen molar-refractivity contribution < 1.29 is 126 Å². The van der Waals surface area contributed by atoms with E-state index in [0.717, 1.165) is 106 Å². The lowest BCUT2D eigenvalue weighted by molar-refractivity contribution is -0.191. The second kappa shape index (κ2) is 42.9. The number of esters is 8. The van der Waals surface area contributed by atoms with Crippen LogP contribution in [0.15, 0.2) is 128 Å². The second-order valence-electron chi connectivity index (χ2n) is 24.4. The maximum atomic E-state index is 13.4. The van der Waals surface area contributed by atoms with Crippen LogP contribution < -0.4 is 9.47 Å². The molecule has 0 radical (unpaired) electrons. The van der Waals surface area contributed by atoms with Crippen LogP contribution in [0.4, 0.5) is 0 Å². The van der Waals surface area contributed by atoms with Crippen molar-refractivity contribution in [1.29, 1.82) is 0 Å². The van der Waals surface area contributed by atoms with Crippen molar-refractivity contribution in [3.63, 3.8) is 0 Å². The molecule has 29 nitrogen and oxygen atoms in total. The average molecular weight is 1560 g/mol. The highest BCUT2D eigenvalue weighted by Crippen LogP contribution is 2.42. The first-order valence-electron chi connectivity index (χ1n) is 34.1. The Morgan fingerprint density at radius 1 is 0.389 bits per heavy atom. The Balaban J connectivity index is 0.000000236. The fourth-order valence-corrected chi connectivity index (χ4v) is 14.9. The number of ketones is 2. The highest BCUT2D eigenvalue weighted by atomic mass is 32.2. The molecule has 9 rings (SSSR count). The zero-order chi connectivity index (χ0) is 79.5. The Morgan fingerprint density at radius 2 is 0.769 bits per heavy atom. The van der Waals surface area contributed by atoms with Gasteiger partial charge in [0.05, 0.1) is 58.2 Å². The third kappa shape index (κ3) is 26.1. The molecule has 0 aliphatic carbocycles. The number of hydrogen-bond donors (Lipinski definition) is 6. The molecule has 3 aliphatic rings. The number of thioether (sulfide) groups is 3. The van der Waals surface area contributed by atoms with Crippen LogP contribution in [0.1, 0.15) is 136 Å². The topological polar surface area (TPSA) is 423 Å². The number of aromatic hydroxyl groups is 1. The van der Waals surface area contributed by atoms with E-state index in [2.05, 4.69) is 53.1 Å². The molecule has 0 amide bonds. The summed E-state index contributed by atoms with van der Waals surface area (Å²) in [6, 6.07) is 27.8. The molecule has 0 saturated carbocycles. The maximum absolute atomic E-state index is 13.4. The summed E-state index contributed by atoms with van der Waals surface area (Å²) in [6.45, 7) is 14.8. The van der Waals surface area contributed by atoms with Gasteiger partial charge >= 0.3 is 47.8 Å². The van der Waals surface area contributed by atoms with E-state index >= 15 is 0 Å². The lowest BCUT2D eigenvalue weighted by Gasteiger charge is -2.43. The lowest BCUT2D eigenvalue weighted by Crippen LogP contribution is -2.59. The van der Waals surface area contributed by atoms with Crippen LogP contribution in [0.25, 0.3) is 0 Å². The molecule has 3 aliphatic heterocycles. The minimum atomic E-state index is -1.38. The highest BCUT2D eigenvalue weighted by molar-refractivity contribution is 8.01. The molecule has 0 bridgehead atoms. The Morgan fingerprint density at radius 3 is 1.23 bits per heavy atom. The number of nitrogens with zero attached hydrogens (tertiary/aromatic N) is 3. The fourth-order valence-electron chi connectivity index (χ4n) is 11.0. The van der Waals surface area contributed by atoms with Gasteiger partial charge in [0.1, 0.15) is 42.4 Å². The van der Waals surface area contributed by atoms with Gasteiger partial charge in [-0.2, -0.15) is 0 Å². The summed E-state index contributed by atoms with van der Waals surface area (Å²) in [6.07, 6.45) is 1.09. The fraction of sp³-hybridized carbons (Fsp3) is 0.434. The Kier molecular flexibility index (Phi) is 34.7. The summed E-state index contributed by atoms with van der Waals surface area (Å²) in [4.78, 5) is 130. The first-order valence-corrected chi connectivity index (χ1v) is 37.0. The first kappa shape index (κ1) is 87.4. The summed E-state index contributed by atoms with van der Waals surface area (Å²) in [5.41, 5.74) is 3.89. The number of rotatable bonds is 24. The molecule has 1 unspecified atom stereocenters.